The van der Waals surface area contributed by atoms with E-state index >= 15 is 0 Å². The normalized spacial score (nSPS) is 31.4. The number of phosphoric acid groups is 1. The number of nitrogens with one attached hydrogen (secondary N) is 1. The number of nitrogens with two attached hydrogens (primary N) is 1. The average Bonchev–Trinajstić information content (AvgIpc) is 3.34. The van der Waals surface area contributed by atoms with Gasteiger partial charge in [-0.05, 0) is 18.4 Å². The lowest BCUT2D eigenvalue weighted by atomic mass is 10.0. The number of aromatic nitrogens is 4. The minimum absolute atomic E-state index is 0.0262. The molecule has 37 heavy (non-hydrogen) atoms. The SMILES string of the molecule is Cc1cn([C@H]2C[C@H](O)[C@@H](COP(=O)(O)O[C@H]3[C@@H](O)[C@H](c4cnc(N)[nH]c4=S)O[C@@H]3CO)O2)c(=O)nc1[O-]. The molecule has 0 spiro atoms. The molecule has 2 aliphatic heterocycles. The molecule has 2 aromatic heterocycles. The van der Waals surface area contributed by atoms with Crippen LogP contribution in [0.15, 0.2) is 17.2 Å². The van der Waals surface area contributed by atoms with E-state index < -0.39 is 75.5 Å². The first-order valence-corrected chi connectivity index (χ1v) is 12.9. The maximum absolute atomic E-state index is 12.7. The van der Waals surface area contributed by atoms with Gasteiger partial charge < -0.3 is 45.5 Å². The molecule has 2 aromatic rings. The number of hydrogen-bond donors (Lipinski definition) is 6. The highest BCUT2D eigenvalue weighted by Crippen LogP contribution is 2.49. The van der Waals surface area contributed by atoms with Crippen LogP contribution in [0.25, 0.3) is 0 Å². The molecule has 2 saturated heterocycles. The second kappa shape index (κ2) is 10.8. The van der Waals surface area contributed by atoms with Crippen molar-refractivity contribution in [1.82, 2.24) is 19.5 Å². The van der Waals surface area contributed by atoms with Crippen LogP contribution in [0.2, 0.25) is 0 Å². The Balaban J connectivity index is 1.41. The van der Waals surface area contributed by atoms with Gasteiger partial charge in [-0.2, -0.15) is 0 Å². The van der Waals surface area contributed by atoms with Crippen LogP contribution in [0.1, 0.15) is 29.9 Å². The van der Waals surface area contributed by atoms with Crippen LogP contribution in [-0.2, 0) is 23.1 Å². The van der Waals surface area contributed by atoms with E-state index in [9.17, 15) is 34.7 Å². The molecule has 4 rings (SSSR count). The Bertz CT molecular complexity index is 1310. The third kappa shape index (κ3) is 5.91. The Morgan fingerprint density at radius 1 is 1.38 bits per heavy atom. The van der Waals surface area contributed by atoms with Gasteiger partial charge >= 0.3 is 13.5 Å². The van der Waals surface area contributed by atoms with Crippen molar-refractivity contribution in [3.63, 3.8) is 0 Å². The maximum atomic E-state index is 12.7. The van der Waals surface area contributed by atoms with Crippen molar-refractivity contribution in [3.05, 3.63) is 38.6 Å². The number of hydrogen-bond acceptors (Lipinski definition) is 14. The van der Waals surface area contributed by atoms with Crippen molar-refractivity contribution in [2.75, 3.05) is 18.9 Å². The zero-order valence-corrected chi connectivity index (χ0v) is 20.9. The number of aliphatic hydroxyl groups excluding tert-OH is 3. The molecule has 0 bridgehead atoms. The Hall–Kier alpha value is -2.31. The van der Waals surface area contributed by atoms with Crippen LogP contribution in [0.3, 0.4) is 0 Å². The average molecular weight is 562 g/mol. The second-order valence-corrected chi connectivity index (χ2v) is 10.3. The predicted molar refractivity (Wildman–Crippen MR) is 122 cm³/mol. The van der Waals surface area contributed by atoms with Crippen LogP contribution in [0.4, 0.5) is 5.95 Å². The van der Waals surface area contributed by atoms with Gasteiger partial charge in [-0.15, -0.1) is 0 Å². The standard InChI is InChI=1S/C19H26N5O11PS/c1-7-4-24(19(29)22-16(7)28)12-2-9(26)11(33-12)6-32-36(30,31)35-15-10(5-25)34-14(13(15)27)8-3-21-18(20)23-17(8)37/h3-4,9-15,25-27H,2,5-6H2,1H3,(H,30,31)(H,22,28,29)(H3,20,21,23,37)/p-1/t9-,10+,11+,12+,13-,14-,15+/m0/s1. The summed E-state index contributed by atoms with van der Waals surface area (Å²) in [6.45, 7) is 0.156. The van der Waals surface area contributed by atoms with Crippen molar-refractivity contribution in [3.8, 4) is 5.88 Å². The van der Waals surface area contributed by atoms with Crippen LogP contribution in [-0.4, -0.2) is 83.5 Å². The lowest BCUT2D eigenvalue weighted by Gasteiger charge is -2.23. The van der Waals surface area contributed by atoms with Gasteiger partial charge in [0, 0.05) is 24.4 Å². The van der Waals surface area contributed by atoms with Gasteiger partial charge in [0.1, 0.15) is 41.4 Å². The quantitative estimate of drug-likeness (QED) is 0.155. The highest BCUT2D eigenvalue weighted by atomic mass is 32.1. The van der Waals surface area contributed by atoms with Crippen molar-refractivity contribution in [2.45, 2.75) is 56.2 Å². The lowest BCUT2D eigenvalue weighted by molar-refractivity contribution is -0.276. The summed E-state index contributed by atoms with van der Waals surface area (Å²) in [5, 5.41) is 42.2. The van der Waals surface area contributed by atoms with Gasteiger partial charge in [0.05, 0.1) is 19.3 Å². The number of nitrogen functional groups attached to an aromatic ring is 1. The maximum Gasteiger partial charge on any atom is 0.472 e. The number of nitrogens with zero attached hydrogens (tertiary/aromatic N) is 3. The first-order chi connectivity index (χ1) is 17.4. The monoisotopic (exact) mass is 562 g/mol. The number of rotatable bonds is 8. The molecule has 0 aliphatic carbocycles. The number of aryl methyl sites for hydroxylation is 1. The van der Waals surface area contributed by atoms with Gasteiger partial charge in [-0.25, -0.2) is 19.3 Å². The van der Waals surface area contributed by atoms with Crippen LogP contribution in [0, 0.1) is 11.6 Å². The van der Waals surface area contributed by atoms with E-state index in [1.165, 1.54) is 19.3 Å². The van der Waals surface area contributed by atoms with Crippen LogP contribution in [0.5, 0.6) is 5.88 Å². The molecule has 2 fully saturated rings. The number of aliphatic hydroxyl groups is 3. The summed E-state index contributed by atoms with van der Waals surface area (Å²) in [5.41, 5.74) is 5.07. The summed E-state index contributed by atoms with van der Waals surface area (Å²) < 4.78 is 35.0. The Morgan fingerprint density at radius 3 is 2.78 bits per heavy atom. The number of ether oxygens (including phenoxy) is 2. The first-order valence-electron chi connectivity index (χ1n) is 10.9. The third-order valence-corrected chi connectivity index (χ3v) is 7.25. The summed E-state index contributed by atoms with van der Waals surface area (Å²) in [5.74, 6) is -0.660. The Morgan fingerprint density at radius 2 is 2.11 bits per heavy atom. The molecule has 0 saturated carbocycles. The summed E-state index contributed by atoms with van der Waals surface area (Å²) in [6.07, 6.45) is -6.34. The molecule has 7 N–H and O–H groups in total. The van der Waals surface area contributed by atoms with E-state index in [1.54, 1.807) is 0 Å². The molecule has 0 radical (unpaired) electrons. The highest BCUT2D eigenvalue weighted by molar-refractivity contribution is 7.71. The lowest BCUT2D eigenvalue weighted by Crippen LogP contribution is -2.35. The number of phosphoric ester groups is 1. The van der Waals surface area contributed by atoms with E-state index in [-0.39, 0.29) is 28.1 Å². The van der Waals surface area contributed by atoms with Crippen molar-refractivity contribution >= 4 is 26.0 Å². The summed E-state index contributed by atoms with van der Waals surface area (Å²) in [4.78, 5) is 32.1. The van der Waals surface area contributed by atoms with Crippen LogP contribution >= 0.6 is 20.0 Å². The minimum Gasteiger partial charge on any atom is -0.858 e. The number of aromatic amines is 1. The predicted octanol–water partition coefficient (Wildman–Crippen LogP) is -1.70. The second-order valence-electron chi connectivity index (χ2n) is 8.51. The third-order valence-electron chi connectivity index (χ3n) is 5.93. The molecule has 16 nitrogen and oxygen atoms in total. The molecular weight excluding hydrogens is 537 g/mol. The topological polar surface area (TPSA) is 248 Å². The Labute approximate surface area is 213 Å². The van der Waals surface area contributed by atoms with Gasteiger partial charge in [0.15, 0.2) is 5.95 Å². The summed E-state index contributed by atoms with van der Waals surface area (Å²) in [6, 6.07) is 0. The van der Waals surface area contributed by atoms with Crippen molar-refractivity contribution < 1.29 is 48.4 Å². The van der Waals surface area contributed by atoms with Crippen molar-refractivity contribution in [2.24, 2.45) is 0 Å². The zero-order valence-electron chi connectivity index (χ0n) is 19.2. The highest BCUT2D eigenvalue weighted by Gasteiger charge is 2.49. The molecule has 2 aliphatic rings. The van der Waals surface area contributed by atoms with Crippen LogP contribution < -0.4 is 16.5 Å². The number of H-pyrrole nitrogens is 1. The zero-order chi connectivity index (χ0) is 27.1. The van der Waals surface area contributed by atoms with Gasteiger partial charge in [-0.1, -0.05) is 12.2 Å². The minimum atomic E-state index is -4.90. The fraction of sp³-hybridized carbons (Fsp3) is 0.579. The molecule has 0 amide bonds. The Kier molecular flexibility index (Phi) is 8.10. The summed E-state index contributed by atoms with van der Waals surface area (Å²) in [7, 11) is -4.90. The molecule has 8 atom stereocenters. The van der Waals surface area contributed by atoms with Crippen molar-refractivity contribution in [1.29, 1.82) is 0 Å². The molecule has 4 heterocycles. The molecular formula is C19H25N5O11PS-. The molecule has 1 unspecified atom stereocenters. The van der Waals surface area contributed by atoms with E-state index in [0.29, 0.717) is 0 Å². The summed E-state index contributed by atoms with van der Waals surface area (Å²) >= 11 is 5.16. The van der Waals surface area contributed by atoms with Gasteiger partial charge in [-0.3, -0.25) is 13.6 Å². The molecule has 204 valence electrons. The molecule has 0 aromatic carbocycles. The fourth-order valence-corrected chi connectivity index (χ4v) is 5.28. The van der Waals surface area contributed by atoms with E-state index in [4.69, 9.17) is 36.5 Å². The smallest absolute Gasteiger partial charge is 0.472 e. The van der Waals surface area contributed by atoms with E-state index in [1.807, 2.05) is 0 Å². The largest absolute Gasteiger partial charge is 0.858 e. The van der Waals surface area contributed by atoms with E-state index in [0.717, 1.165) is 4.57 Å². The van der Waals surface area contributed by atoms with Gasteiger partial charge in [0.25, 0.3) is 0 Å². The fourth-order valence-electron chi connectivity index (χ4n) is 4.04. The first kappa shape index (κ1) is 27.7. The molecule has 18 heteroatoms. The van der Waals surface area contributed by atoms with Gasteiger partial charge in [0.2, 0.25) is 0 Å². The number of anilines is 1. The van der Waals surface area contributed by atoms with E-state index in [2.05, 4.69) is 15.0 Å².